The molecule has 42 heavy (non-hydrogen) atoms. The standard InChI is InChI=1S/C25H10F10O6S/c26-11-7-4-8-12(16(11)27)40-23-15(19(30)21(32)24(22(23)33)42(36,37)38)25(34,35)41-14-9-13(17(28)20(31)18(14)29)39-10-5-2-1-3-6-10/h1-9H,(H,36,37,38)/p-1. The lowest BCUT2D eigenvalue weighted by atomic mass is 10.1. The second-order valence-corrected chi connectivity index (χ2v) is 9.25. The van der Waals surface area contributed by atoms with E-state index in [4.69, 9.17) is 4.74 Å². The molecule has 0 radical (unpaired) electrons. The maximum absolute atomic E-state index is 15.3. The fraction of sp³-hybridized carbons (Fsp3) is 0.0400. The third-order valence-electron chi connectivity index (χ3n) is 5.20. The highest BCUT2D eigenvalue weighted by Crippen LogP contribution is 2.46. The molecule has 0 aliphatic rings. The zero-order valence-electron chi connectivity index (χ0n) is 19.8. The van der Waals surface area contributed by atoms with Crippen molar-refractivity contribution in [3.05, 3.63) is 107 Å². The van der Waals surface area contributed by atoms with Crippen LogP contribution >= 0.6 is 0 Å². The Labute approximate surface area is 228 Å². The molecule has 0 aliphatic heterocycles. The molecule has 0 atom stereocenters. The number of hydrogen-bond donors (Lipinski definition) is 0. The minimum Gasteiger partial charge on any atom is -0.744 e. The van der Waals surface area contributed by atoms with Gasteiger partial charge >= 0.3 is 6.11 Å². The largest absolute Gasteiger partial charge is 0.744 e. The van der Waals surface area contributed by atoms with Gasteiger partial charge in [0.05, 0.1) is 0 Å². The van der Waals surface area contributed by atoms with Gasteiger partial charge in [-0.2, -0.15) is 22.0 Å². The van der Waals surface area contributed by atoms with Gasteiger partial charge in [-0.15, -0.1) is 0 Å². The van der Waals surface area contributed by atoms with E-state index in [1.165, 1.54) is 30.3 Å². The zero-order chi connectivity index (χ0) is 31.1. The number of hydrogen-bond acceptors (Lipinski definition) is 6. The zero-order valence-corrected chi connectivity index (χ0v) is 20.7. The number of alkyl halides is 2. The number of benzene rings is 4. The van der Waals surface area contributed by atoms with Crippen molar-refractivity contribution in [2.45, 2.75) is 11.0 Å². The van der Waals surface area contributed by atoms with Crippen LogP contribution in [0.3, 0.4) is 0 Å². The summed E-state index contributed by atoms with van der Waals surface area (Å²) in [5.41, 5.74) is -2.76. The van der Waals surface area contributed by atoms with Crippen LogP contribution in [-0.2, 0) is 16.2 Å². The van der Waals surface area contributed by atoms with Gasteiger partial charge in [-0.05, 0) is 24.3 Å². The molecular weight excluding hydrogens is 618 g/mol. The minimum atomic E-state index is -6.33. The van der Waals surface area contributed by atoms with E-state index in [0.29, 0.717) is 18.2 Å². The Hall–Kier alpha value is -4.51. The molecule has 0 N–H and O–H groups in total. The highest BCUT2D eigenvalue weighted by atomic mass is 32.2. The van der Waals surface area contributed by atoms with Crippen molar-refractivity contribution < 1.29 is 71.1 Å². The summed E-state index contributed by atoms with van der Waals surface area (Å²) in [7, 11) is -6.33. The van der Waals surface area contributed by atoms with Crippen LogP contribution in [0.15, 0.2) is 59.5 Å². The minimum absolute atomic E-state index is 0.00250. The first kappa shape index (κ1) is 30.4. The Balaban J connectivity index is 1.92. The van der Waals surface area contributed by atoms with Gasteiger partial charge in [0.15, 0.2) is 46.3 Å². The van der Waals surface area contributed by atoms with Gasteiger partial charge in [-0.25, -0.2) is 30.4 Å². The summed E-state index contributed by atoms with van der Waals surface area (Å²) < 4.78 is 193. The molecule has 222 valence electrons. The first-order valence-electron chi connectivity index (χ1n) is 10.8. The van der Waals surface area contributed by atoms with Gasteiger partial charge < -0.3 is 18.8 Å². The molecule has 0 unspecified atom stereocenters. The third kappa shape index (κ3) is 5.64. The molecule has 4 rings (SSSR count). The van der Waals surface area contributed by atoms with Crippen LogP contribution in [0.5, 0.6) is 28.7 Å². The molecule has 0 saturated heterocycles. The van der Waals surface area contributed by atoms with Gasteiger partial charge in [-0.3, -0.25) is 0 Å². The predicted octanol–water partition coefficient (Wildman–Crippen LogP) is 7.42. The quantitative estimate of drug-likeness (QED) is 0.0876. The highest BCUT2D eigenvalue weighted by molar-refractivity contribution is 7.85. The van der Waals surface area contributed by atoms with Crippen LogP contribution in [0, 0.1) is 46.5 Å². The van der Waals surface area contributed by atoms with E-state index >= 15 is 13.2 Å². The van der Waals surface area contributed by atoms with Crippen molar-refractivity contribution in [2.75, 3.05) is 0 Å². The third-order valence-corrected chi connectivity index (χ3v) is 6.05. The van der Waals surface area contributed by atoms with E-state index in [1.54, 1.807) is 0 Å². The summed E-state index contributed by atoms with van der Waals surface area (Å²) in [5, 5.41) is 0. The van der Waals surface area contributed by atoms with Gasteiger partial charge in [0, 0.05) is 6.07 Å². The molecule has 0 fully saturated rings. The van der Waals surface area contributed by atoms with Crippen molar-refractivity contribution in [3.8, 4) is 28.7 Å². The topological polar surface area (TPSA) is 84.9 Å². The second kappa shape index (κ2) is 11.1. The SMILES string of the molecule is O=S(=O)([O-])c1c(F)c(F)c(C(F)(F)Oc2cc(Oc3ccccc3)c(F)c(F)c2F)c(Oc2cccc(F)c2F)c1F. The molecule has 0 heterocycles. The molecule has 0 aliphatic carbocycles. The van der Waals surface area contributed by atoms with Crippen LogP contribution in [0.4, 0.5) is 43.9 Å². The average molecular weight is 627 g/mol. The number of ether oxygens (including phenoxy) is 3. The van der Waals surface area contributed by atoms with E-state index in [1.807, 2.05) is 0 Å². The molecular formula is C25H9F10O6S-. The molecule has 4 aromatic rings. The van der Waals surface area contributed by atoms with E-state index in [0.717, 1.165) is 0 Å². The van der Waals surface area contributed by atoms with Crippen LogP contribution in [0.1, 0.15) is 5.56 Å². The predicted molar refractivity (Wildman–Crippen MR) is 118 cm³/mol. The summed E-state index contributed by atoms with van der Waals surface area (Å²) >= 11 is 0. The Kier molecular flexibility index (Phi) is 8.01. The maximum atomic E-state index is 15.3. The van der Waals surface area contributed by atoms with Crippen molar-refractivity contribution in [1.29, 1.82) is 0 Å². The van der Waals surface area contributed by atoms with Crippen molar-refractivity contribution in [1.82, 2.24) is 0 Å². The summed E-state index contributed by atoms with van der Waals surface area (Å²) in [4.78, 5) is -2.70. The van der Waals surface area contributed by atoms with Crippen molar-refractivity contribution >= 4 is 10.1 Å². The van der Waals surface area contributed by atoms with Crippen LogP contribution in [0.25, 0.3) is 0 Å². The van der Waals surface area contributed by atoms with Crippen molar-refractivity contribution in [2.24, 2.45) is 0 Å². The summed E-state index contributed by atoms with van der Waals surface area (Å²) in [5.74, 6) is -27.1. The molecule has 0 saturated carbocycles. The fourth-order valence-electron chi connectivity index (χ4n) is 3.38. The van der Waals surface area contributed by atoms with Crippen LogP contribution in [0.2, 0.25) is 0 Å². The monoisotopic (exact) mass is 627 g/mol. The van der Waals surface area contributed by atoms with E-state index < -0.39 is 96.2 Å². The van der Waals surface area contributed by atoms with E-state index in [9.17, 15) is 43.7 Å². The fourth-order valence-corrected chi connectivity index (χ4v) is 4.00. The molecule has 0 spiro atoms. The summed E-state index contributed by atoms with van der Waals surface area (Å²) in [6.07, 6.45) is -5.61. The van der Waals surface area contributed by atoms with Gasteiger partial charge in [-0.1, -0.05) is 24.3 Å². The molecule has 6 nitrogen and oxygen atoms in total. The summed E-state index contributed by atoms with van der Waals surface area (Å²) in [6, 6.07) is 8.08. The lowest BCUT2D eigenvalue weighted by molar-refractivity contribution is -0.190. The first-order chi connectivity index (χ1) is 19.5. The molecule has 0 aromatic heterocycles. The normalized spacial score (nSPS) is 11.9. The average Bonchev–Trinajstić information content (AvgIpc) is 2.91. The smallest absolute Gasteiger partial charge is 0.433 e. The Bertz CT molecular complexity index is 1800. The number of rotatable bonds is 8. The molecule has 17 heteroatoms. The molecule has 4 aromatic carbocycles. The number of halogens is 10. The Morgan fingerprint density at radius 2 is 1.24 bits per heavy atom. The second-order valence-electron chi connectivity index (χ2n) is 7.93. The molecule has 0 amide bonds. The van der Waals surface area contributed by atoms with Crippen LogP contribution < -0.4 is 14.2 Å². The van der Waals surface area contributed by atoms with Crippen LogP contribution in [-0.4, -0.2) is 13.0 Å². The number of para-hydroxylation sites is 1. The lowest BCUT2D eigenvalue weighted by Gasteiger charge is -2.24. The van der Waals surface area contributed by atoms with E-state index in [2.05, 4.69) is 9.47 Å². The Morgan fingerprint density at radius 3 is 1.86 bits per heavy atom. The summed E-state index contributed by atoms with van der Waals surface area (Å²) in [6.45, 7) is 0. The Morgan fingerprint density at radius 1 is 0.619 bits per heavy atom. The van der Waals surface area contributed by atoms with Gasteiger partial charge in [0.2, 0.25) is 23.3 Å². The first-order valence-corrected chi connectivity index (χ1v) is 12.2. The van der Waals surface area contributed by atoms with Gasteiger partial charge in [0.1, 0.15) is 26.3 Å². The van der Waals surface area contributed by atoms with Gasteiger partial charge in [0.25, 0.3) is 0 Å². The van der Waals surface area contributed by atoms with Crippen molar-refractivity contribution in [3.63, 3.8) is 0 Å². The molecule has 0 bridgehead atoms. The lowest BCUT2D eigenvalue weighted by Crippen LogP contribution is -2.27. The maximum Gasteiger partial charge on any atom is 0.433 e. The van der Waals surface area contributed by atoms with E-state index in [-0.39, 0.29) is 11.8 Å². The highest BCUT2D eigenvalue weighted by Gasteiger charge is 2.47.